The predicted octanol–water partition coefficient (Wildman–Crippen LogP) is 2.76. The molecule has 0 aliphatic heterocycles. The number of hydrogen-bond donors (Lipinski definition) is 1. The average Bonchev–Trinajstić information content (AvgIpc) is 2.97. The van der Waals surface area contributed by atoms with E-state index in [2.05, 4.69) is 4.98 Å². The molecule has 1 aromatic heterocycles. The maximum Gasteiger partial charge on any atom is 0.261 e. The van der Waals surface area contributed by atoms with Gasteiger partial charge in [0.15, 0.2) is 0 Å². The normalized spacial score (nSPS) is 11.9. The Morgan fingerprint density at radius 1 is 1.18 bits per heavy atom. The molecule has 0 unspecified atom stereocenters. The summed E-state index contributed by atoms with van der Waals surface area (Å²) in [7, 11) is -2.43. The van der Waals surface area contributed by atoms with Crippen LogP contribution in [0.3, 0.4) is 0 Å². The quantitative estimate of drug-likeness (QED) is 0.716. The Morgan fingerprint density at radius 3 is 2.50 bits per heavy atom. The highest BCUT2D eigenvalue weighted by Crippen LogP contribution is 2.27. The van der Waals surface area contributed by atoms with Crippen LogP contribution in [0.1, 0.15) is 24.2 Å². The Hall–Kier alpha value is -3.01. The van der Waals surface area contributed by atoms with E-state index < -0.39 is 38.4 Å². The van der Waals surface area contributed by atoms with Crippen LogP contribution in [0.25, 0.3) is 11.0 Å². The summed E-state index contributed by atoms with van der Waals surface area (Å²) >= 11 is 0. The first-order valence-corrected chi connectivity index (χ1v) is 9.80. The number of carbonyl (C=O) groups is 1. The van der Waals surface area contributed by atoms with Gasteiger partial charge in [0, 0.05) is 12.7 Å². The van der Waals surface area contributed by atoms with Gasteiger partial charge in [0.1, 0.15) is 11.6 Å². The van der Waals surface area contributed by atoms with E-state index in [1.807, 2.05) is 0 Å². The van der Waals surface area contributed by atoms with E-state index in [0.29, 0.717) is 5.52 Å². The summed E-state index contributed by atoms with van der Waals surface area (Å²) in [6, 6.07) is 7.00. The number of aromatic nitrogens is 2. The smallest absolute Gasteiger partial charge is 0.261 e. The first-order valence-electron chi connectivity index (χ1n) is 8.29. The van der Waals surface area contributed by atoms with Crippen molar-refractivity contribution in [3.8, 4) is 0 Å². The van der Waals surface area contributed by atoms with Crippen molar-refractivity contribution >= 4 is 38.6 Å². The molecule has 28 heavy (non-hydrogen) atoms. The first-order chi connectivity index (χ1) is 13.0. The molecule has 0 radical (unpaired) electrons. The summed E-state index contributed by atoms with van der Waals surface area (Å²) in [5, 5.41) is -0.753. The number of nitrogens with two attached hydrogens (primary N) is 1. The number of hydrogen-bond acceptors (Lipinski definition) is 5. The van der Waals surface area contributed by atoms with Gasteiger partial charge >= 0.3 is 0 Å². The van der Waals surface area contributed by atoms with Crippen LogP contribution in [0.5, 0.6) is 0 Å². The minimum absolute atomic E-state index is 0.183. The molecule has 1 amide bonds. The molecule has 0 bridgehead atoms. The zero-order valence-corrected chi connectivity index (χ0v) is 16.2. The molecule has 0 saturated heterocycles. The highest BCUT2D eigenvalue weighted by molar-refractivity contribution is 7.90. The lowest BCUT2D eigenvalue weighted by molar-refractivity contribution is 0.0988. The largest absolute Gasteiger partial charge is 0.368 e. The number of benzene rings is 2. The molecule has 0 spiro atoms. The van der Waals surface area contributed by atoms with Crippen LogP contribution in [0, 0.1) is 11.6 Å². The highest BCUT2D eigenvalue weighted by atomic mass is 32.2. The number of carbonyl (C=O) groups excluding carboxylic acids is 1. The van der Waals surface area contributed by atoms with Crippen LogP contribution >= 0.6 is 0 Å². The molecule has 0 fully saturated rings. The van der Waals surface area contributed by atoms with Crippen LogP contribution < -0.4 is 10.6 Å². The molecule has 3 rings (SSSR count). The van der Waals surface area contributed by atoms with Crippen molar-refractivity contribution in [3.63, 3.8) is 0 Å². The Bertz CT molecular complexity index is 1190. The van der Waals surface area contributed by atoms with Gasteiger partial charge < -0.3 is 10.6 Å². The van der Waals surface area contributed by atoms with Gasteiger partial charge in [-0.15, -0.1) is 0 Å². The fraction of sp³-hybridized carbons (Fsp3) is 0.222. The van der Waals surface area contributed by atoms with Gasteiger partial charge in [0.2, 0.25) is 16.0 Å². The Kier molecular flexibility index (Phi) is 4.84. The second kappa shape index (κ2) is 6.86. The molecule has 0 saturated carbocycles. The van der Waals surface area contributed by atoms with Crippen molar-refractivity contribution in [1.29, 1.82) is 0 Å². The lowest BCUT2D eigenvalue weighted by atomic mass is 10.1. The average molecular weight is 408 g/mol. The van der Waals surface area contributed by atoms with Gasteiger partial charge in [0.25, 0.3) is 5.91 Å². The summed E-state index contributed by atoms with van der Waals surface area (Å²) in [6.45, 7) is 3.01. The van der Waals surface area contributed by atoms with E-state index in [9.17, 15) is 22.0 Å². The molecular weight excluding hydrogens is 390 g/mol. The van der Waals surface area contributed by atoms with Crippen molar-refractivity contribution in [2.24, 2.45) is 0 Å². The Balaban J connectivity index is 2.12. The van der Waals surface area contributed by atoms with Crippen LogP contribution in [0.15, 0.2) is 36.4 Å². The second-order valence-corrected chi connectivity index (χ2v) is 8.83. The highest BCUT2D eigenvalue weighted by Gasteiger charge is 2.25. The third kappa shape index (κ3) is 3.19. The molecule has 0 atom stereocenters. The fourth-order valence-electron chi connectivity index (χ4n) is 2.71. The Labute approximate surface area is 160 Å². The SMILES string of the molecule is CC(C)S(=O)(=O)n1c(N)nc2ccc(N(C)C(=O)c3cc(F)ccc3F)cc21. The van der Waals surface area contributed by atoms with Crippen LogP contribution in [0.4, 0.5) is 20.4 Å². The van der Waals surface area contributed by atoms with Gasteiger partial charge in [-0.2, -0.15) is 0 Å². The van der Waals surface area contributed by atoms with Crippen molar-refractivity contribution in [3.05, 3.63) is 53.6 Å². The maximum atomic E-state index is 13.9. The van der Waals surface area contributed by atoms with E-state index in [1.165, 1.54) is 39.1 Å². The summed E-state index contributed by atoms with van der Waals surface area (Å²) < 4.78 is 53.5. The lowest BCUT2D eigenvalue weighted by Crippen LogP contribution is -2.27. The zero-order valence-electron chi connectivity index (χ0n) is 15.3. The molecule has 3 aromatic rings. The molecule has 148 valence electrons. The first kappa shape index (κ1) is 19.7. The standard InChI is InChI=1S/C18H18F2N4O3S/c1-10(2)28(26,27)24-16-9-12(5-7-15(16)22-18(24)21)23(3)17(25)13-8-11(19)4-6-14(13)20/h4-10H,1-3H3,(H2,21,22). The third-order valence-electron chi connectivity index (χ3n) is 4.32. The van der Waals surface area contributed by atoms with Crippen molar-refractivity contribution in [1.82, 2.24) is 8.96 Å². The van der Waals surface area contributed by atoms with Gasteiger partial charge in [0.05, 0.1) is 21.8 Å². The van der Waals surface area contributed by atoms with E-state index in [0.717, 1.165) is 27.1 Å². The number of fused-ring (bicyclic) bond motifs is 1. The third-order valence-corrected chi connectivity index (χ3v) is 6.41. The van der Waals surface area contributed by atoms with E-state index in [-0.39, 0.29) is 17.2 Å². The number of halogens is 2. The minimum Gasteiger partial charge on any atom is -0.368 e. The van der Waals surface area contributed by atoms with Crippen molar-refractivity contribution < 1.29 is 22.0 Å². The second-order valence-electron chi connectivity index (χ2n) is 6.49. The van der Waals surface area contributed by atoms with E-state index in [4.69, 9.17) is 5.73 Å². The summed E-state index contributed by atoms with van der Waals surface area (Å²) in [5.41, 5.74) is 6.12. The maximum absolute atomic E-state index is 13.9. The number of imidazole rings is 1. The summed E-state index contributed by atoms with van der Waals surface area (Å²) in [4.78, 5) is 17.7. The summed E-state index contributed by atoms with van der Waals surface area (Å²) in [5.74, 6) is -2.61. The van der Waals surface area contributed by atoms with Crippen LogP contribution in [-0.2, 0) is 10.0 Å². The predicted molar refractivity (Wildman–Crippen MR) is 103 cm³/mol. The van der Waals surface area contributed by atoms with Gasteiger partial charge in [-0.05, 0) is 50.2 Å². The molecule has 7 nitrogen and oxygen atoms in total. The topological polar surface area (TPSA) is 98.3 Å². The molecule has 0 aliphatic rings. The molecule has 2 N–H and O–H groups in total. The zero-order chi connectivity index (χ0) is 20.8. The number of nitrogen functional groups attached to an aromatic ring is 1. The van der Waals surface area contributed by atoms with Gasteiger partial charge in [-0.1, -0.05) is 0 Å². The number of nitrogens with zero attached hydrogens (tertiary/aromatic N) is 3. The number of rotatable bonds is 4. The Morgan fingerprint density at radius 2 is 1.86 bits per heavy atom. The number of amides is 1. The minimum atomic E-state index is -3.80. The fourth-order valence-corrected chi connectivity index (χ4v) is 3.85. The molecule has 10 heteroatoms. The molecule has 0 aliphatic carbocycles. The monoisotopic (exact) mass is 408 g/mol. The van der Waals surface area contributed by atoms with E-state index in [1.54, 1.807) is 0 Å². The van der Waals surface area contributed by atoms with Crippen LogP contribution in [-0.4, -0.2) is 35.6 Å². The van der Waals surface area contributed by atoms with Crippen molar-refractivity contribution in [2.75, 3.05) is 17.7 Å². The number of anilines is 2. The lowest BCUT2D eigenvalue weighted by Gasteiger charge is -2.18. The molecule has 1 heterocycles. The van der Waals surface area contributed by atoms with Gasteiger partial charge in [-0.3, -0.25) is 4.79 Å². The van der Waals surface area contributed by atoms with Crippen molar-refractivity contribution in [2.45, 2.75) is 19.1 Å². The van der Waals surface area contributed by atoms with Gasteiger partial charge in [-0.25, -0.2) is 26.2 Å². The molecule has 2 aromatic carbocycles. The van der Waals surface area contributed by atoms with E-state index >= 15 is 0 Å². The summed E-state index contributed by atoms with van der Waals surface area (Å²) in [6.07, 6.45) is 0. The molecular formula is C18H18F2N4O3S. The van der Waals surface area contributed by atoms with Crippen LogP contribution in [0.2, 0.25) is 0 Å².